The van der Waals surface area contributed by atoms with Crippen LogP contribution in [0.15, 0.2) is 163 Å². The molecule has 1 aromatic heterocycles. The molecule has 0 saturated heterocycles. The van der Waals surface area contributed by atoms with E-state index >= 15 is 0 Å². The molecule has 228 valence electrons. The van der Waals surface area contributed by atoms with Gasteiger partial charge < -0.3 is 0 Å². The Morgan fingerprint density at radius 2 is 1.12 bits per heavy atom. The van der Waals surface area contributed by atoms with E-state index in [9.17, 15) is 0 Å². The molecule has 0 radical (unpaired) electrons. The van der Waals surface area contributed by atoms with Crippen LogP contribution in [0.4, 0.5) is 0 Å². The number of hydrogen-bond donors (Lipinski definition) is 0. The van der Waals surface area contributed by atoms with Crippen molar-refractivity contribution >= 4 is 27.9 Å². The Labute approximate surface area is 285 Å². The van der Waals surface area contributed by atoms with Crippen LogP contribution >= 0.6 is 11.6 Å². The molecule has 2 aliphatic rings. The molecule has 1 unspecified atom stereocenters. The molecule has 3 nitrogen and oxygen atoms in total. The normalized spacial score (nSPS) is 16.6. The van der Waals surface area contributed by atoms with E-state index in [2.05, 4.69) is 109 Å². The van der Waals surface area contributed by atoms with Gasteiger partial charge in [0, 0.05) is 16.1 Å². The molecule has 1 atom stereocenters. The lowest BCUT2D eigenvalue weighted by molar-refractivity contribution is 0.695. The second-order valence-electron chi connectivity index (χ2n) is 12.4. The number of hydrogen-bond acceptors (Lipinski definition) is 3. The average molecular weight is 636 g/mol. The highest BCUT2D eigenvalue weighted by Gasteiger charge is 2.47. The van der Waals surface area contributed by atoms with Crippen molar-refractivity contribution < 1.29 is 0 Å². The van der Waals surface area contributed by atoms with Gasteiger partial charge in [0.05, 0.1) is 5.41 Å². The monoisotopic (exact) mass is 635 g/mol. The van der Waals surface area contributed by atoms with Crippen LogP contribution in [-0.2, 0) is 5.41 Å². The highest BCUT2D eigenvalue weighted by atomic mass is 35.5. The lowest BCUT2D eigenvalue weighted by Crippen LogP contribution is -2.30. The summed E-state index contributed by atoms with van der Waals surface area (Å²) in [5, 5.41) is 3.26. The molecule has 0 saturated carbocycles. The first-order valence-electron chi connectivity index (χ1n) is 16.4. The number of halogens is 1. The summed E-state index contributed by atoms with van der Waals surface area (Å²) in [5.41, 5.74) is 10.4. The maximum absolute atomic E-state index is 6.49. The number of rotatable bonds is 5. The number of aromatic nitrogens is 3. The number of benzene rings is 6. The molecular formula is C44H30ClN3. The summed E-state index contributed by atoms with van der Waals surface area (Å²) < 4.78 is 0. The van der Waals surface area contributed by atoms with Gasteiger partial charge in [0.2, 0.25) is 0 Å². The van der Waals surface area contributed by atoms with Gasteiger partial charge in [-0.1, -0.05) is 163 Å². The number of fused-ring (bicyclic) bond motifs is 5. The fourth-order valence-electron chi connectivity index (χ4n) is 7.68. The van der Waals surface area contributed by atoms with Crippen LogP contribution in [0.5, 0.6) is 0 Å². The molecule has 6 aromatic carbocycles. The first-order valence-corrected chi connectivity index (χ1v) is 16.7. The maximum Gasteiger partial charge on any atom is 0.164 e. The van der Waals surface area contributed by atoms with E-state index in [0.717, 1.165) is 40.4 Å². The smallest absolute Gasteiger partial charge is 0.164 e. The van der Waals surface area contributed by atoms with Gasteiger partial charge in [0.15, 0.2) is 17.5 Å². The minimum absolute atomic E-state index is 0.466. The minimum atomic E-state index is -0.466. The molecule has 0 bridgehead atoms. The lowest BCUT2D eigenvalue weighted by atomic mass is 9.65. The van der Waals surface area contributed by atoms with Gasteiger partial charge in [-0.25, -0.2) is 15.0 Å². The molecule has 9 rings (SSSR count). The third kappa shape index (κ3) is 4.54. The van der Waals surface area contributed by atoms with Crippen molar-refractivity contribution in [3.63, 3.8) is 0 Å². The molecule has 0 aliphatic heterocycles. The standard InChI is InChI=1S/C44H30ClN3/c45-35-26-24-34(25-27-35)44(38-18-10-9-17-37(38)40-36-16-8-7-11-29(36)21-28-39(40)44)33-22-19-32(20-23-33)43-47-41(30-12-3-1-4-13-30)46-42(48-43)31-14-5-2-6-15-31/h1-19,21-22,24-28H,20,23H2. The largest absolute Gasteiger partial charge is 0.209 e. The zero-order valence-electron chi connectivity index (χ0n) is 26.1. The van der Waals surface area contributed by atoms with Crippen molar-refractivity contribution in [1.29, 1.82) is 0 Å². The van der Waals surface area contributed by atoms with Crippen LogP contribution in [0, 0.1) is 0 Å². The average Bonchev–Trinajstić information content (AvgIpc) is 3.47. The Morgan fingerprint density at radius 3 is 1.81 bits per heavy atom. The lowest BCUT2D eigenvalue weighted by Gasteiger charge is -2.37. The molecule has 2 aliphatic carbocycles. The van der Waals surface area contributed by atoms with Crippen molar-refractivity contribution in [3.8, 4) is 33.9 Å². The second kappa shape index (κ2) is 11.6. The molecule has 0 fully saturated rings. The van der Waals surface area contributed by atoms with E-state index in [1.807, 2.05) is 48.5 Å². The Morgan fingerprint density at radius 1 is 0.500 bits per heavy atom. The van der Waals surface area contributed by atoms with Crippen molar-refractivity contribution in [2.24, 2.45) is 0 Å². The van der Waals surface area contributed by atoms with E-state index in [1.54, 1.807) is 0 Å². The Hall–Kier alpha value is -5.64. The van der Waals surface area contributed by atoms with Crippen LogP contribution in [0.1, 0.15) is 35.4 Å². The molecule has 0 amide bonds. The van der Waals surface area contributed by atoms with Gasteiger partial charge in [-0.3, -0.25) is 0 Å². The van der Waals surface area contributed by atoms with E-state index < -0.39 is 5.41 Å². The van der Waals surface area contributed by atoms with Crippen LogP contribution < -0.4 is 0 Å². The van der Waals surface area contributed by atoms with Gasteiger partial charge >= 0.3 is 0 Å². The summed E-state index contributed by atoms with van der Waals surface area (Å²) in [6.45, 7) is 0. The quantitative estimate of drug-likeness (QED) is 0.189. The van der Waals surface area contributed by atoms with E-state index in [1.165, 1.54) is 44.2 Å². The fraction of sp³-hybridized carbons (Fsp3) is 0.0682. The molecule has 4 heteroatoms. The van der Waals surface area contributed by atoms with Crippen molar-refractivity contribution in [2.75, 3.05) is 0 Å². The molecular weight excluding hydrogens is 606 g/mol. The van der Waals surface area contributed by atoms with Gasteiger partial charge in [-0.15, -0.1) is 0 Å². The van der Waals surface area contributed by atoms with Gasteiger partial charge in [0.1, 0.15) is 0 Å². The van der Waals surface area contributed by atoms with E-state index in [4.69, 9.17) is 26.6 Å². The summed E-state index contributed by atoms with van der Waals surface area (Å²) in [4.78, 5) is 15.0. The van der Waals surface area contributed by atoms with E-state index in [0.29, 0.717) is 11.6 Å². The van der Waals surface area contributed by atoms with Crippen LogP contribution in [0.25, 0.3) is 50.2 Å². The summed E-state index contributed by atoms with van der Waals surface area (Å²) >= 11 is 6.49. The zero-order valence-corrected chi connectivity index (χ0v) is 26.9. The first-order chi connectivity index (χ1) is 23.7. The highest BCUT2D eigenvalue weighted by molar-refractivity contribution is 6.30. The highest BCUT2D eigenvalue weighted by Crippen LogP contribution is 2.59. The van der Waals surface area contributed by atoms with E-state index in [-0.39, 0.29) is 0 Å². The van der Waals surface area contributed by atoms with Gasteiger partial charge in [0.25, 0.3) is 0 Å². The summed E-state index contributed by atoms with van der Waals surface area (Å²) in [6, 6.07) is 51.0. The van der Waals surface area contributed by atoms with Crippen molar-refractivity contribution in [3.05, 3.63) is 191 Å². The third-order valence-electron chi connectivity index (χ3n) is 9.83. The third-order valence-corrected chi connectivity index (χ3v) is 10.1. The molecule has 1 heterocycles. The minimum Gasteiger partial charge on any atom is -0.209 e. The van der Waals surface area contributed by atoms with Crippen LogP contribution in [-0.4, -0.2) is 15.0 Å². The second-order valence-corrected chi connectivity index (χ2v) is 12.9. The maximum atomic E-state index is 6.49. The molecule has 0 spiro atoms. The summed E-state index contributed by atoms with van der Waals surface area (Å²) in [6.07, 6.45) is 6.21. The Bertz CT molecular complexity index is 2340. The zero-order chi connectivity index (χ0) is 32.1. The van der Waals surface area contributed by atoms with Crippen molar-refractivity contribution in [1.82, 2.24) is 15.0 Å². The molecule has 0 N–H and O–H groups in total. The predicted molar refractivity (Wildman–Crippen MR) is 197 cm³/mol. The SMILES string of the molecule is Clc1ccc(C2(C3=CC=C(c4nc(-c5ccccc5)nc(-c5ccccc5)n4)CC3)c3ccccc3-c3c2ccc2ccccc32)cc1. The fourth-order valence-corrected chi connectivity index (χ4v) is 7.80. The predicted octanol–water partition coefficient (Wildman–Crippen LogP) is 11.1. The molecule has 48 heavy (non-hydrogen) atoms. The van der Waals surface area contributed by atoms with Gasteiger partial charge in [-0.05, 0) is 69.1 Å². The van der Waals surface area contributed by atoms with Gasteiger partial charge in [-0.2, -0.15) is 0 Å². The summed E-state index contributed by atoms with van der Waals surface area (Å²) in [7, 11) is 0. The topological polar surface area (TPSA) is 38.7 Å². The van der Waals surface area contributed by atoms with Crippen molar-refractivity contribution in [2.45, 2.75) is 18.3 Å². The van der Waals surface area contributed by atoms with Crippen LogP contribution in [0.2, 0.25) is 5.02 Å². The number of allylic oxidation sites excluding steroid dienone is 4. The Kier molecular flexibility index (Phi) is 6.88. The number of nitrogens with zero attached hydrogens (tertiary/aromatic N) is 3. The Balaban J connectivity index is 1.25. The molecule has 7 aromatic rings. The van der Waals surface area contributed by atoms with Crippen LogP contribution in [0.3, 0.4) is 0 Å². The summed E-state index contributed by atoms with van der Waals surface area (Å²) in [5.74, 6) is 2.08. The first kappa shape index (κ1) is 28.6.